The Balaban J connectivity index is 3.74. The van der Waals surface area contributed by atoms with Crippen LogP contribution in [0.2, 0.25) is 0 Å². The van der Waals surface area contributed by atoms with Crippen LogP contribution in [0, 0.1) is 0 Å². The van der Waals surface area contributed by atoms with Crippen LogP contribution in [0.25, 0.3) is 0 Å². The SMILES string of the molecule is NP(=O)(O)O[P+](=O)O. The zero-order valence-electron chi connectivity index (χ0n) is 3.59. The molecule has 8 heteroatoms. The highest BCUT2D eigenvalue weighted by Gasteiger charge is 2.27. The minimum Gasteiger partial charge on any atom is -0.310 e. The van der Waals surface area contributed by atoms with E-state index in [0.717, 1.165) is 0 Å². The summed E-state index contributed by atoms with van der Waals surface area (Å²) in [5.74, 6) is 0. The first kappa shape index (κ1) is 8.17. The molecule has 0 aromatic rings. The summed E-state index contributed by atoms with van der Waals surface area (Å²) in [6.07, 6.45) is 0. The van der Waals surface area contributed by atoms with E-state index in [9.17, 15) is 9.13 Å². The van der Waals surface area contributed by atoms with Crippen molar-refractivity contribution in [1.29, 1.82) is 0 Å². The van der Waals surface area contributed by atoms with Crippen LogP contribution in [0.5, 0.6) is 0 Å². The van der Waals surface area contributed by atoms with E-state index in [4.69, 9.17) is 9.79 Å². The summed E-state index contributed by atoms with van der Waals surface area (Å²) < 4.78 is 22.7. The van der Waals surface area contributed by atoms with Crippen molar-refractivity contribution in [1.82, 2.24) is 0 Å². The van der Waals surface area contributed by atoms with Crippen molar-refractivity contribution < 1.29 is 23.2 Å². The van der Waals surface area contributed by atoms with Crippen molar-refractivity contribution >= 4 is 16.0 Å². The molecule has 8 heavy (non-hydrogen) atoms. The Morgan fingerprint density at radius 3 is 2.12 bits per heavy atom. The van der Waals surface area contributed by atoms with Crippen LogP contribution in [0.1, 0.15) is 0 Å². The van der Waals surface area contributed by atoms with Crippen LogP contribution in [-0.4, -0.2) is 9.79 Å². The van der Waals surface area contributed by atoms with E-state index >= 15 is 0 Å². The summed E-state index contributed by atoms with van der Waals surface area (Å²) in [4.78, 5) is 15.7. The highest BCUT2D eigenvalue weighted by molar-refractivity contribution is 7.57. The van der Waals surface area contributed by atoms with Gasteiger partial charge in [0, 0.05) is 4.57 Å². The van der Waals surface area contributed by atoms with Crippen LogP contribution in [0.4, 0.5) is 0 Å². The minimum atomic E-state index is -4.26. The predicted octanol–water partition coefficient (Wildman–Crippen LogP) is -0.288. The maximum atomic E-state index is 9.79. The van der Waals surface area contributed by atoms with Gasteiger partial charge in [-0.1, -0.05) is 0 Å². The molecule has 4 N–H and O–H groups in total. The van der Waals surface area contributed by atoms with E-state index in [2.05, 4.69) is 9.81 Å². The monoisotopic (exact) mass is 160 g/mol. The zero-order chi connectivity index (χ0) is 6.78. The average molecular weight is 160 g/mol. The third-order valence-electron chi connectivity index (χ3n) is 0.187. The quantitative estimate of drug-likeness (QED) is 0.478. The Morgan fingerprint density at radius 2 is 2.12 bits per heavy atom. The number of nitrogens with two attached hydrogens (primary N) is 1. The van der Waals surface area contributed by atoms with Gasteiger partial charge in [-0.15, -0.1) is 4.89 Å². The summed E-state index contributed by atoms with van der Waals surface area (Å²) in [6, 6.07) is 0. The molecule has 2 atom stereocenters. The Bertz CT molecular complexity index is 133. The summed E-state index contributed by atoms with van der Waals surface area (Å²) in [5, 5.41) is 0. The molecule has 0 radical (unpaired) electrons. The van der Waals surface area contributed by atoms with Crippen molar-refractivity contribution in [3.8, 4) is 0 Å². The third kappa shape index (κ3) is 6.17. The van der Waals surface area contributed by atoms with Gasteiger partial charge in [-0.2, -0.15) is 0 Å². The number of rotatable bonds is 2. The molecule has 0 saturated heterocycles. The van der Waals surface area contributed by atoms with Crippen LogP contribution >= 0.6 is 16.0 Å². The molecular formula is H4NO5P2+. The topological polar surface area (TPSA) is 110 Å². The van der Waals surface area contributed by atoms with Gasteiger partial charge in [0.05, 0.1) is 0 Å². The third-order valence-corrected chi connectivity index (χ3v) is 1.68. The second kappa shape index (κ2) is 2.64. The Kier molecular flexibility index (Phi) is 2.70. The maximum absolute atomic E-state index is 9.79. The molecule has 2 unspecified atom stereocenters. The summed E-state index contributed by atoms with van der Waals surface area (Å²) in [5.41, 5.74) is 4.28. The first-order valence-corrected chi connectivity index (χ1v) is 4.17. The first-order chi connectivity index (χ1) is 3.42. The van der Waals surface area contributed by atoms with Crippen molar-refractivity contribution in [3.63, 3.8) is 0 Å². The summed E-state index contributed by atoms with van der Waals surface area (Å²) in [7, 11) is -7.33. The molecule has 0 aliphatic heterocycles. The fraction of sp³-hybridized carbons (Fsp3) is 0. The Morgan fingerprint density at radius 1 is 1.75 bits per heavy atom. The molecule has 0 aromatic heterocycles. The average Bonchev–Trinajstić information content (AvgIpc) is 1.21. The highest BCUT2D eigenvalue weighted by atomic mass is 31.2. The zero-order valence-corrected chi connectivity index (χ0v) is 5.38. The first-order valence-electron chi connectivity index (χ1n) is 1.39. The van der Waals surface area contributed by atoms with E-state index in [-0.39, 0.29) is 0 Å². The smallest absolute Gasteiger partial charge is 0.310 e. The Hall–Kier alpha value is 0.170. The lowest BCUT2D eigenvalue weighted by Crippen LogP contribution is -1.91. The van der Waals surface area contributed by atoms with Gasteiger partial charge in [-0.05, 0) is 4.31 Å². The van der Waals surface area contributed by atoms with Crippen molar-refractivity contribution in [2.45, 2.75) is 0 Å². The van der Waals surface area contributed by atoms with Gasteiger partial charge in [-0.25, -0.2) is 10.1 Å². The molecule has 0 amide bonds. The molecule has 6 nitrogen and oxygen atoms in total. The van der Waals surface area contributed by atoms with Crippen LogP contribution in [0.3, 0.4) is 0 Å². The van der Waals surface area contributed by atoms with E-state index < -0.39 is 16.0 Å². The molecule has 0 aliphatic carbocycles. The highest BCUT2D eigenvalue weighted by Crippen LogP contribution is 2.41. The normalized spacial score (nSPS) is 19.6. The summed E-state index contributed by atoms with van der Waals surface area (Å²) in [6.45, 7) is 0. The van der Waals surface area contributed by atoms with Gasteiger partial charge in [0.15, 0.2) is 0 Å². The Labute approximate surface area is 45.8 Å². The predicted molar refractivity (Wildman–Crippen MR) is 24.9 cm³/mol. The van der Waals surface area contributed by atoms with Crippen molar-refractivity contribution in [2.24, 2.45) is 5.50 Å². The van der Waals surface area contributed by atoms with Gasteiger partial charge in [0.2, 0.25) is 0 Å². The molecule has 0 heterocycles. The lowest BCUT2D eigenvalue weighted by Gasteiger charge is -1.88. The largest absolute Gasteiger partial charge is 0.704 e. The molecule has 0 spiro atoms. The standard InChI is InChI=1S/H3NO5P2/c1-8(4,5)6-7(2)3/h(H3-,1,2,3,4,5)/p+1. The number of hydrogen-bond acceptors (Lipinski definition) is 3. The number of hydrogen-bond donors (Lipinski definition) is 3. The minimum absolute atomic E-state index is 3.08. The van der Waals surface area contributed by atoms with E-state index in [0.29, 0.717) is 0 Å². The molecule has 48 valence electrons. The van der Waals surface area contributed by atoms with Crippen LogP contribution in [0.15, 0.2) is 0 Å². The molecule has 0 aromatic carbocycles. The van der Waals surface area contributed by atoms with E-state index in [1.54, 1.807) is 0 Å². The van der Waals surface area contributed by atoms with Crippen LogP contribution < -0.4 is 5.50 Å². The van der Waals surface area contributed by atoms with E-state index in [1.807, 2.05) is 0 Å². The maximum Gasteiger partial charge on any atom is 0.704 e. The summed E-state index contributed by atoms with van der Waals surface area (Å²) >= 11 is 0. The van der Waals surface area contributed by atoms with Gasteiger partial charge < -0.3 is 4.89 Å². The van der Waals surface area contributed by atoms with Crippen molar-refractivity contribution in [3.05, 3.63) is 0 Å². The molecular weight excluding hydrogens is 156 g/mol. The lowest BCUT2D eigenvalue weighted by atomic mass is 13.9. The molecule has 0 saturated carbocycles. The van der Waals surface area contributed by atoms with E-state index in [1.165, 1.54) is 0 Å². The van der Waals surface area contributed by atoms with Gasteiger partial charge >= 0.3 is 16.0 Å². The van der Waals surface area contributed by atoms with Gasteiger partial charge in [0.1, 0.15) is 0 Å². The fourth-order valence-corrected chi connectivity index (χ4v) is 0.901. The lowest BCUT2D eigenvalue weighted by molar-refractivity contribution is 0.351. The second-order valence-corrected chi connectivity index (χ2v) is 3.14. The van der Waals surface area contributed by atoms with Gasteiger partial charge in [-0.3, -0.25) is 0 Å². The molecule has 0 fully saturated rings. The van der Waals surface area contributed by atoms with Gasteiger partial charge in [0.25, 0.3) is 0 Å². The second-order valence-electron chi connectivity index (χ2n) is 0.884. The molecule has 0 aliphatic rings. The van der Waals surface area contributed by atoms with Crippen molar-refractivity contribution in [2.75, 3.05) is 0 Å². The molecule has 0 rings (SSSR count). The fourth-order valence-electron chi connectivity index (χ4n) is 0.100. The molecule has 0 bridgehead atoms. The van der Waals surface area contributed by atoms with Crippen LogP contribution in [-0.2, 0) is 13.4 Å².